The number of likely N-dealkylation sites (tertiary alicyclic amines) is 1. The van der Waals surface area contributed by atoms with E-state index in [9.17, 15) is 9.59 Å². The highest BCUT2D eigenvalue weighted by atomic mass is 32.1. The van der Waals surface area contributed by atoms with Gasteiger partial charge in [-0.15, -0.1) is 11.3 Å². The van der Waals surface area contributed by atoms with Gasteiger partial charge >= 0.3 is 0 Å². The average Bonchev–Trinajstić information content (AvgIpc) is 2.73. The second-order valence-corrected chi connectivity index (χ2v) is 6.83. The maximum Gasteiger partial charge on any atom is 0.261 e. The Morgan fingerprint density at radius 3 is 2.43 bits per heavy atom. The van der Waals surface area contributed by atoms with E-state index in [0.29, 0.717) is 21.0 Å². The van der Waals surface area contributed by atoms with Crippen LogP contribution in [0.2, 0.25) is 0 Å². The summed E-state index contributed by atoms with van der Waals surface area (Å²) >= 11 is 1.20. The van der Waals surface area contributed by atoms with Gasteiger partial charge in [-0.05, 0) is 45.6 Å². The van der Waals surface area contributed by atoms with E-state index in [1.165, 1.54) is 17.8 Å². The van der Waals surface area contributed by atoms with E-state index >= 15 is 0 Å². The first-order valence-electron chi connectivity index (χ1n) is 7.40. The van der Waals surface area contributed by atoms with Gasteiger partial charge in [-0.1, -0.05) is 0 Å². The largest absolute Gasteiger partial charge is 0.390 e. The summed E-state index contributed by atoms with van der Waals surface area (Å²) in [5, 5.41) is 3.29. The lowest BCUT2D eigenvalue weighted by Gasteiger charge is -2.26. The fourth-order valence-electron chi connectivity index (χ4n) is 2.60. The molecule has 0 unspecified atom stereocenters. The smallest absolute Gasteiger partial charge is 0.261 e. The SMILES string of the molecule is Cc1c(C(=O)NC(C)C)sc(N)c1C(=O)N1CCCCC1. The summed E-state index contributed by atoms with van der Waals surface area (Å²) in [5.74, 6) is -0.193. The van der Waals surface area contributed by atoms with E-state index in [-0.39, 0.29) is 17.9 Å². The number of amides is 2. The Bertz CT molecular complexity index is 545. The molecule has 1 aliphatic heterocycles. The van der Waals surface area contributed by atoms with Crippen molar-refractivity contribution in [2.24, 2.45) is 0 Å². The van der Waals surface area contributed by atoms with Crippen LogP contribution in [0.5, 0.6) is 0 Å². The van der Waals surface area contributed by atoms with Crippen molar-refractivity contribution < 1.29 is 9.59 Å². The van der Waals surface area contributed by atoms with Crippen LogP contribution in [0.4, 0.5) is 5.00 Å². The molecular weight excluding hydrogens is 286 g/mol. The summed E-state index contributed by atoms with van der Waals surface area (Å²) in [6.45, 7) is 7.18. The van der Waals surface area contributed by atoms with Crippen LogP contribution in [0.3, 0.4) is 0 Å². The second-order valence-electron chi connectivity index (χ2n) is 5.78. The molecule has 0 aromatic carbocycles. The number of piperidine rings is 1. The quantitative estimate of drug-likeness (QED) is 0.900. The number of nitrogens with zero attached hydrogens (tertiary/aromatic N) is 1. The minimum atomic E-state index is -0.156. The van der Waals surface area contributed by atoms with Crippen LogP contribution >= 0.6 is 11.3 Å². The molecule has 0 bridgehead atoms. The summed E-state index contributed by atoms with van der Waals surface area (Å²) < 4.78 is 0. The zero-order chi connectivity index (χ0) is 15.6. The molecule has 2 amide bonds. The van der Waals surface area contributed by atoms with Gasteiger partial charge in [0.25, 0.3) is 11.8 Å². The van der Waals surface area contributed by atoms with Crippen LogP contribution < -0.4 is 11.1 Å². The summed E-state index contributed by atoms with van der Waals surface area (Å²) in [7, 11) is 0. The molecule has 1 saturated heterocycles. The molecule has 2 rings (SSSR count). The van der Waals surface area contributed by atoms with Crippen LogP contribution in [0, 0.1) is 6.92 Å². The van der Waals surface area contributed by atoms with Crippen molar-refractivity contribution in [3.63, 3.8) is 0 Å². The Morgan fingerprint density at radius 1 is 1.24 bits per heavy atom. The van der Waals surface area contributed by atoms with Crippen LogP contribution in [-0.2, 0) is 0 Å². The number of carbonyl (C=O) groups is 2. The van der Waals surface area contributed by atoms with E-state index in [0.717, 1.165) is 25.9 Å². The number of nitrogen functional groups attached to an aromatic ring is 1. The lowest BCUT2D eigenvalue weighted by molar-refractivity contribution is 0.0725. The number of hydrogen-bond donors (Lipinski definition) is 2. The molecule has 0 spiro atoms. The predicted octanol–water partition coefficient (Wildman–Crippen LogP) is 2.40. The predicted molar refractivity (Wildman–Crippen MR) is 85.8 cm³/mol. The molecule has 0 radical (unpaired) electrons. The first-order chi connectivity index (χ1) is 9.91. The van der Waals surface area contributed by atoms with Crippen molar-refractivity contribution in [2.75, 3.05) is 18.8 Å². The number of thiophene rings is 1. The number of nitrogens with two attached hydrogens (primary N) is 1. The third-order valence-electron chi connectivity index (χ3n) is 3.66. The van der Waals surface area contributed by atoms with Gasteiger partial charge in [-0.3, -0.25) is 9.59 Å². The molecule has 21 heavy (non-hydrogen) atoms. The van der Waals surface area contributed by atoms with Crippen molar-refractivity contribution >= 4 is 28.2 Å². The molecule has 3 N–H and O–H groups in total. The van der Waals surface area contributed by atoms with E-state index in [4.69, 9.17) is 5.73 Å². The van der Waals surface area contributed by atoms with Gasteiger partial charge in [-0.25, -0.2) is 0 Å². The Balaban J connectivity index is 2.26. The number of anilines is 1. The highest BCUT2D eigenvalue weighted by Crippen LogP contribution is 2.32. The van der Waals surface area contributed by atoms with Crippen molar-refractivity contribution in [3.8, 4) is 0 Å². The maximum absolute atomic E-state index is 12.6. The molecule has 5 nitrogen and oxygen atoms in total. The minimum Gasteiger partial charge on any atom is -0.390 e. The number of carbonyl (C=O) groups excluding carboxylic acids is 2. The van der Waals surface area contributed by atoms with Gasteiger partial charge in [0.1, 0.15) is 0 Å². The van der Waals surface area contributed by atoms with Crippen molar-refractivity contribution in [1.29, 1.82) is 0 Å². The molecule has 1 aromatic heterocycles. The fraction of sp³-hybridized carbons (Fsp3) is 0.600. The van der Waals surface area contributed by atoms with Gasteiger partial charge in [-0.2, -0.15) is 0 Å². The molecular formula is C15H23N3O2S. The number of hydrogen-bond acceptors (Lipinski definition) is 4. The fourth-order valence-corrected chi connectivity index (χ4v) is 3.57. The molecule has 0 saturated carbocycles. The Morgan fingerprint density at radius 2 is 1.86 bits per heavy atom. The highest BCUT2D eigenvalue weighted by Gasteiger charge is 2.27. The first-order valence-corrected chi connectivity index (χ1v) is 8.22. The summed E-state index contributed by atoms with van der Waals surface area (Å²) in [6.07, 6.45) is 3.25. The summed E-state index contributed by atoms with van der Waals surface area (Å²) in [5.41, 5.74) is 7.22. The number of nitrogens with one attached hydrogen (secondary N) is 1. The van der Waals surface area contributed by atoms with Crippen molar-refractivity contribution in [1.82, 2.24) is 10.2 Å². The Hall–Kier alpha value is -1.56. The molecule has 6 heteroatoms. The van der Waals surface area contributed by atoms with Crippen LogP contribution in [0.1, 0.15) is 58.7 Å². The average molecular weight is 309 g/mol. The number of rotatable bonds is 3. The molecule has 0 atom stereocenters. The lowest BCUT2D eigenvalue weighted by Crippen LogP contribution is -2.36. The van der Waals surface area contributed by atoms with Gasteiger partial charge in [0.15, 0.2) is 0 Å². The third-order valence-corrected chi connectivity index (χ3v) is 4.78. The van der Waals surface area contributed by atoms with Gasteiger partial charge < -0.3 is 16.0 Å². The van der Waals surface area contributed by atoms with Gasteiger partial charge in [0, 0.05) is 19.1 Å². The topological polar surface area (TPSA) is 75.4 Å². The van der Waals surface area contributed by atoms with Gasteiger partial charge in [0.05, 0.1) is 15.4 Å². The summed E-state index contributed by atoms with van der Waals surface area (Å²) in [4.78, 5) is 27.2. The Kier molecular flexibility index (Phi) is 4.88. The minimum absolute atomic E-state index is 0.0375. The molecule has 1 fully saturated rings. The van der Waals surface area contributed by atoms with E-state index < -0.39 is 0 Å². The van der Waals surface area contributed by atoms with E-state index in [1.54, 1.807) is 6.92 Å². The third kappa shape index (κ3) is 3.37. The molecule has 116 valence electrons. The highest BCUT2D eigenvalue weighted by molar-refractivity contribution is 7.18. The van der Waals surface area contributed by atoms with Crippen molar-refractivity contribution in [2.45, 2.75) is 46.1 Å². The zero-order valence-electron chi connectivity index (χ0n) is 12.9. The van der Waals surface area contributed by atoms with E-state index in [1.807, 2.05) is 18.7 Å². The van der Waals surface area contributed by atoms with Crippen LogP contribution in [0.25, 0.3) is 0 Å². The molecule has 0 aliphatic carbocycles. The molecule has 1 aliphatic rings. The monoisotopic (exact) mass is 309 g/mol. The van der Waals surface area contributed by atoms with Gasteiger partial charge in [0.2, 0.25) is 0 Å². The molecule has 2 heterocycles. The van der Waals surface area contributed by atoms with Crippen LogP contribution in [0.15, 0.2) is 0 Å². The standard InChI is InChI=1S/C15H23N3O2S/c1-9(2)17-14(19)12-10(3)11(13(16)21-12)15(20)18-7-5-4-6-8-18/h9H,4-8,16H2,1-3H3,(H,17,19). The normalized spacial score (nSPS) is 15.3. The molecule has 1 aromatic rings. The zero-order valence-corrected chi connectivity index (χ0v) is 13.7. The Labute approximate surface area is 129 Å². The van der Waals surface area contributed by atoms with E-state index in [2.05, 4.69) is 5.32 Å². The van der Waals surface area contributed by atoms with Crippen molar-refractivity contribution in [3.05, 3.63) is 16.0 Å². The first kappa shape index (κ1) is 15.8. The maximum atomic E-state index is 12.6. The summed E-state index contributed by atoms with van der Waals surface area (Å²) in [6, 6.07) is 0.0569. The van der Waals surface area contributed by atoms with Crippen LogP contribution in [-0.4, -0.2) is 35.8 Å². The second kappa shape index (κ2) is 6.47. The lowest BCUT2D eigenvalue weighted by atomic mass is 10.1.